The van der Waals surface area contributed by atoms with Gasteiger partial charge in [0, 0.05) is 18.6 Å². The number of hydrogen-bond donors (Lipinski definition) is 2. The average Bonchev–Trinajstić information content (AvgIpc) is 2.89. The van der Waals surface area contributed by atoms with E-state index in [1.165, 1.54) is 0 Å². The Hall–Kier alpha value is -1.40. The first-order valence-corrected chi connectivity index (χ1v) is 6.29. The number of rotatable bonds is 5. The van der Waals surface area contributed by atoms with E-state index in [1.807, 2.05) is 13.8 Å². The molecule has 6 nitrogen and oxygen atoms in total. The molecule has 1 aromatic heterocycles. The first kappa shape index (κ1) is 13.0. The minimum absolute atomic E-state index is 0.178. The van der Waals surface area contributed by atoms with Crippen LogP contribution < -0.4 is 16.0 Å². The van der Waals surface area contributed by atoms with Gasteiger partial charge < -0.3 is 14.9 Å². The predicted octanol–water partition coefficient (Wildman–Crippen LogP) is 1.44. The van der Waals surface area contributed by atoms with Crippen molar-refractivity contribution in [2.75, 3.05) is 18.6 Å². The van der Waals surface area contributed by atoms with Crippen LogP contribution in [-0.2, 0) is 4.74 Å². The molecule has 100 valence electrons. The summed E-state index contributed by atoms with van der Waals surface area (Å²) in [7, 11) is 0. The number of anilines is 1. The van der Waals surface area contributed by atoms with Crippen LogP contribution in [0.2, 0.25) is 0 Å². The topological polar surface area (TPSA) is 82.3 Å². The SMILES string of the molecule is CC(C)c1nc(NN)cc(OCC2CCCO2)n1. The smallest absolute Gasteiger partial charge is 0.218 e. The van der Waals surface area contributed by atoms with E-state index in [4.69, 9.17) is 15.3 Å². The number of ether oxygens (including phenoxy) is 2. The summed E-state index contributed by atoms with van der Waals surface area (Å²) in [5, 5.41) is 0. The van der Waals surface area contributed by atoms with E-state index in [0.29, 0.717) is 24.1 Å². The third-order valence-electron chi connectivity index (χ3n) is 2.83. The van der Waals surface area contributed by atoms with E-state index in [0.717, 1.165) is 19.4 Å². The van der Waals surface area contributed by atoms with Gasteiger partial charge in [0.15, 0.2) is 0 Å². The summed E-state index contributed by atoms with van der Waals surface area (Å²) in [4.78, 5) is 8.63. The highest BCUT2D eigenvalue weighted by Crippen LogP contribution is 2.19. The summed E-state index contributed by atoms with van der Waals surface area (Å²) in [5.41, 5.74) is 2.53. The van der Waals surface area contributed by atoms with Crippen molar-refractivity contribution < 1.29 is 9.47 Å². The maximum Gasteiger partial charge on any atom is 0.218 e. The minimum atomic E-state index is 0.178. The third kappa shape index (κ3) is 3.30. The molecule has 0 aliphatic carbocycles. The van der Waals surface area contributed by atoms with Gasteiger partial charge in [-0.05, 0) is 12.8 Å². The molecule has 1 saturated heterocycles. The summed E-state index contributed by atoms with van der Waals surface area (Å²) in [6.45, 7) is 5.40. The van der Waals surface area contributed by atoms with E-state index in [9.17, 15) is 0 Å². The van der Waals surface area contributed by atoms with Crippen LogP contribution in [0.1, 0.15) is 38.4 Å². The van der Waals surface area contributed by atoms with E-state index >= 15 is 0 Å². The molecule has 1 aromatic rings. The van der Waals surface area contributed by atoms with Crippen molar-refractivity contribution in [1.29, 1.82) is 0 Å². The molecular formula is C12H20N4O2. The Morgan fingerprint density at radius 1 is 1.56 bits per heavy atom. The second-order valence-corrected chi connectivity index (χ2v) is 4.69. The van der Waals surface area contributed by atoms with Crippen LogP contribution in [0.5, 0.6) is 5.88 Å². The average molecular weight is 252 g/mol. The first-order valence-electron chi connectivity index (χ1n) is 6.29. The van der Waals surface area contributed by atoms with Crippen molar-refractivity contribution in [1.82, 2.24) is 9.97 Å². The molecule has 0 saturated carbocycles. The summed E-state index contributed by atoms with van der Waals surface area (Å²) >= 11 is 0. The fourth-order valence-electron chi connectivity index (χ4n) is 1.80. The van der Waals surface area contributed by atoms with E-state index < -0.39 is 0 Å². The number of nitrogen functional groups attached to an aromatic ring is 1. The molecule has 0 bridgehead atoms. The fraction of sp³-hybridized carbons (Fsp3) is 0.667. The van der Waals surface area contributed by atoms with Crippen LogP contribution >= 0.6 is 0 Å². The highest BCUT2D eigenvalue weighted by Gasteiger charge is 2.17. The van der Waals surface area contributed by atoms with Gasteiger partial charge in [0.1, 0.15) is 18.2 Å². The molecule has 2 rings (SSSR count). The van der Waals surface area contributed by atoms with Gasteiger partial charge in [-0.25, -0.2) is 10.8 Å². The molecule has 0 amide bonds. The second kappa shape index (κ2) is 5.97. The lowest BCUT2D eigenvalue weighted by Crippen LogP contribution is -2.18. The first-order chi connectivity index (χ1) is 8.69. The van der Waals surface area contributed by atoms with Crippen LogP contribution in [0.15, 0.2) is 6.07 Å². The minimum Gasteiger partial charge on any atom is -0.475 e. The molecule has 1 atom stereocenters. The Balaban J connectivity index is 2.03. The predicted molar refractivity (Wildman–Crippen MR) is 68.4 cm³/mol. The molecule has 0 spiro atoms. The van der Waals surface area contributed by atoms with E-state index in [-0.39, 0.29) is 12.0 Å². The fourth-order valence-corrected chi connectivity index (χ4v) is 1.80. The largest absolute Gasteiger partial charge is 0.475 e. The van der Waals surface area contributed by atoms with Crippen molar-refractivity contribution in [3.63, 3.8) is 0 Å². The monoisotopic (exact) mass is 252 g/mol. The van der Waals surface area contributed by atoms with E-state index in [2.05, 4.69) is 15.4 Å². The van der Waals surface area contributed by atoms with Crippen molar-refractivity contribution in [3.05, 3.63) is 11.9 Å². The van der Waals surface area contributed by atoms with Gasteiger partial charge in [0.25, 0.3) is 0 Å². The normalized spacial score (nSPS) is 19.2. The zero-order valence-electron chi connectivity index (χ0n) is 10.8. The Bertz CT molecular complexity index is 392. The van der Waals surface area contributed by atoms with Gasteiger partial charge in [-0.2, -0.15) is 4.98 Å². The molecule has 0 aromatic carbocycles. The van der Waals surface area contributed by atoms with Crippen LogP contribution in [0.4, 0.5) is 5.82 Å². The molecule has 1 aliphatic heterocycles. The third-order valence-corrected chi connectivity index (χ3v) is 2.83. The number of hydrogen-bond acceptors (Lipinski definition) is 6. The quantitative estimate of drug-likeness (QED) is 0.609. The van der Waals surface area contributed by atoms with Crippen LogP contribution in [0, 0.1) is 0 Å². The summed E-state index contributed by atoms with van der Waals surface area (Å²) in [6, 6.07) is 1.70. The van der Waals surface area contributed by atoms with Crippen LogP contribution in [-0.4, -0.2) is 29.3 Å². The van der Waals surface area contributed by atoms with Gasteiger partial charge in [-0.1, -0.05) is 13.8 Å². The maximum atomic E-state index is 5.65. The van der Waals surface area contributed by atoms with Gasteiger partial charge in [0.2, 0.25) is 5.88 Å². The number of aromatic nitrogens is 2. The molecule has 1 aliphatic rings. The lowest BCUT2D eigenvalue weighted by molar-refractivity contribution is 0.0662. The van der Waals surface area contributed by atoms with Crippen molar-refractivity contribution >= 4 is 5.82 Å². The zero-order valence-corrected chi connectivity index (χ0v) is 10.8. The van der Waals surface area contributed by atoms with Crippen molar-refractivity contribution in [3.8, 4) is 5.88 Å². The summed E-state index contributed by atoms with van der Waals surface area (Å²) in [5.74, 6) is 7.43. The molecule has 2 heterocycles. The van der Waals surface area contributed by atoms with Gasteiger partial charge in [-0.3, -0.25) is 0 Å². The molecule has 1 fully saturated rings. The van der Waals surface area contributed by atoms with Gasteiger partial charge >= 0.3 is 0 Å². The Labute approximate surface area is 107 Å². The zero-order chi connectivity index (χ0) is 13.0. The highest BCUT2D eigenvalue weighted by molar-refractivity contribution is 5.37. The Morgan fingerprint density at radius 2 is 2.39 bits per heavy atom. The molecule has 0 radical (unpaired) electrons. The number of hydrazine groups is 1. The van der Waals surface area contributed by atoms with Crippen LogP contribution in [0.3, 0.4) is 0 Å². The second-order valence-electron chi connectivity index (χ2n) is 4.69. The van der Waals surface area contributed by atoms with E-state index in [1.54, 1.807) is 6.07 Å². The van der Waals surface area contributed by atoms with Crippen LogP contribution in [0.25, 0.3) is 0 Å². The Morgan fingerprint density at radius 3 is 3.00 bits per heavy atom. The number of nitrogens with zero attached hydrogens (tertiary/aromatic N) is 2. The molecule has 18 heavy (non-hydrogen) atoms. The molecule has 1 unspecified atom stereocenters. The van der Waals surface area contributed by atoms with Gasteiger partial charge in [-0.15, -0.1) is 0 Å². The highest BCUT2D eigenvalue weighted by atomic mass is 16.5. The molecule has 6 heteroatoms. The lowest BCUT2D eigenvalue weighted by atomic mass is 10.2. The summed E-state index contributed by atoms with van der Waals surface area (Å²) < 4.78 is 11.2. The van der Waals surface area contributed by atoms with Gasteiger partial charge in [0.05, 0.1) is 6.10 Å². The summed E-state index contributed by atoms with van der Waals surface area (Å²) in [6.07, 6.45) is 2.33. The molecule has 3 N–H and O–H groups in total. The Kier molecular flexibility index (Phi) is 4.33. The van der Waals surface area contributed by atoms with Crippen molar-refractivity contribution in [2.24, 2.45) is 5.84 Å². The lowest BCUT2D eigenvalue weighted by Gasteiger charge is -2.13. The van der Waals surface area contributed by atoms with Crippen molar-refractivity contribution in [2.45, 2.75) is 38.7 Å². The maximum absolute atomic E-state index is 5.65. The molecular weight excluding hydrogens is 232 g/mol. The number of nitrogens with two attached hydrogens (primary N) is 1. The standard InChI is InChI=1S/C12H20N4O2/c1-8(2)12-14-10(16-13)6-11(15-12)18-7-9-4-3-5-17-9/h6,8-9H,3-5,7,13H2,1-2H3,(H,14,15,16). The number of nitrogens with one attached hydrogen (secondary N) is 1.